The number of carbonyl (C=O) groups is 2. The molecule has 0 aliphatic carbocycles. The van der Waals surface area contributed by atoms with Gasteiger partial charge >= 0.3 is 0 Å². The normalized spacial score (nSPS) is 14.9. The number of carbonyl (C=O) groups excluding carboxylic acids is 2. The van der Waals surface area contributed by atoms with Crippen molar-refractivity contribution in [3.05, 3.63) is 81.9 Å². The van der Waals surface area contributed by atoms with E-state index in [1.54, 1.807) is 48.6 Å². The molecule has 192 valence electrons. The zero-order valence-corrected chi connectivity index (χ0v) is 22.0. The molecule has 8 heteroatoms. The zero-order valence-electron chi connectivity index (χ0n) is 20.5. The number of piperazine rings is 1. The Morgan fingerprint density at radius 2 is 1.03 bits per heavy atom. The molecule has 0 radical (unpaired) electrons. The summed E-state index contributed by atoms with van der Waals surface area (Å²) in [5.41, 5.74) is 1.89. The molecule has 6 nitrogen and oxygen atoms in total. The average Bonchev–Trinajstić information content (AvgIpc) is 2.89. The summed E-state index contributed by atoms with van der Waals surface area (Å²) in [5.74, 6) is -0.162. The van der Waals surface area contributed by atoms with E-state index in [9.17, 15) is 9.59 Å². The fourth-order valence-electron chi connectivity index (χ4n) is 3.87. The van der Waals surface area contributed by atoms with Crippen LogP contribution in [0.25, 0.3) is 12.2 Å². The molecule has 2 aromatic carbocycles. The van der Waals surface area contributed by atoms with Crippen LogP contribution >= 0.6 is 23.2 Å². The average molecular weight is 530 g/mol. The van der Waals surface area contributed by atoms with Gasteiger partial charge in [0.15, 0.2) is 0 Å². The SMILES string of the molecule is O=C(/C=C/c1ccc(Cl)cc1)NCCCN1CCN(CCCNC(=O)/C=C/c2ccc(Cl)cc2)CC1. The summed E-state index contributed by atoms with van der Waals surface area (Å²) in [5, 5.41) is 7.25. The van der Waals surface area contributed by atoms with Crippen LogP contribution in [0, 0.1) is 0 Å². The molecule has 2 aromatic rings. The van der Waals surface area contributed by atoms with E-state index in [0.717, 1.165) is 63.2 Å². The van der Waals surface area contributed by atoms with Gasteiger partial charge in [-0.25, -0.2) is 0 Å². The maximum atomic E-state index is 12.0. The molecule has 1 heterocycles. The molecular formula is C28H34Cl2N4O2. The first-order valence-corrected chi connectivity index (χ1v) is 13.1. The van der Waals surface area contributed by atoms with E-state index in [1.807, 2.05) is 24.3 Å². The predicted octanol–water partition coefficient (Wildman–Crippen LogP) is 4.35. The minimum atomic E-state index is -0.0812. The van der Waals surface area contributed by atoms with Crippen LogP contribution in [-0.2, 0) is 9.59 Å². The number of rotatable bonds is 12. The minimum Gasteiger partial charge on any atom is -0.353 e. The first kappa shape index (κ1) is 27.9. The molecule has 1 fully saturated rings. The lowest BCUT2D eigenvalue weighted by atomic mass is 10.2. The van der Waals surface area contributed by atoms with E-state index in [1.165, 1.54) is 0 Å². The number of hydrogen-bond donors (Lipinski definition) is 2. The summed E-state index contributed by atoms with van der Waals surface area (Å²) >= 11 is 11.7. The first-order valence-electron chi connectivity index (χ1n) is 12.4. The van der Waals surface area contributed by atoms with E-state index in [2.05, 4.69) is 20.4 Å². The lowest BCUT2D eigenvalue weighted by Gasteiger charge is -2.34. The maximum Gasteiger partial charge on any atom is 0.243 e. The lowest BCUT2D eigenvalue weighted by Crippen LogP contribution is -2.47. The quantitative estimate of drug-likeness (QED) is 0.317. The highest BCUT2D eigenvalue weighted by Gasteiger charge is 2.15. The van der Waals surface area contributed by atoms with Crippen LogP contribution in [-0.4, -0.2) is 74.0 Å². The van der Waals surface area contributed by atoms with E-state index in [-0.39, 0.29) is 11.8 Å². The smallest absolute Gasteiger partial charge is 0.243 e. The van der Waals surface area contributed by atoms with Crippen molar-refractivity contribution in [3.63, 3.8) is 0 Å². The number of hydrogen-bond acceptors (Lipinski definition) is 4. The maximum absolute atomic E-state index is 12.0. The molecule has 1 aliphatic rings. The first-order chi connectivity index (χ1) is 17.5. The van der Waals surface area contributed by atoms with Crippen LogP contribution in [0.15, 0.2) is 60.7 Å². The number of amides is 2. The summed E-state index contributed by atoms with van der Waals surface area (Å²) < 4.78 is 0. The Balaban J connectivity index is 1.19. The van der Waals surface area contributed by atoms with Crippen molar-refractivity contribution in [3.8, 4) is 0 Å². The van der Waals surface area contributed by atoms with Crippen molar-refractivity contribution in [2.24, 2.45) is 0 Å². The van der Waals surface area contributed by atoms with Gasteiger partial charge in [0.25, 0.3) is 0 Å². The van der Waals surface area contributed by atoms with E-state index < -0.39 is 0 Å². The van der Waals surface area contributed by atoms with Crippen molar-refractivity contribution in [1.82, 2.24) is 20.4 Å². The molecule has 0 bridgehead atoms. The van der Waals surface area contributed by atoms with Crippen LogP contribution in [0.2, 0.25) is 10.0 Å². The fraction of sp³-hybridized carbons (Fsp3) is 0.357. The van der Waals surface area contributed by atoms with E-state index in [0.29, 0.717) is 23.1 Å². The van der Waals surface area contributed by atoms with Crippen molar-refractivity contribution < 1.29 is 9.59 Å². The van der Waals surface area contributed by atoms with Gasteiger partial charge in [-0.15, -0.1) is 0 Å². The molecule has 1 saturated heterocycles. The highest BCUT2D eigenvalue weighted by atomic mass is 35.5. The molecule has 36 heavy (non-hydrogen) atoms. The zero-order chi connectivity index (χ0) is 25.6. The van der Waals surface area contributed by atoms with Gasteiger partial charge in [0.2, 0.25) is 11.8 Å². The number of benzene rings is 2. The van der Waals surface area contributed by atoms with Crippen molar-refractivity contribution in [2.45, 2.75) is 12.8 Å². The summed E-state index contributed by atoms with van der Waals surface area (Å²) in [4.78, 5) is 28.8. The van der Waals surface area contributed by atoms with Gasteiger partial charge in [-0.2, -0.15) is 0 Å². The highest BCUT2D eigenvalue weighted by molar-refractivity contribution is 6.30. The van der Waals surface area contributed by atoms with Crippen LogP contribution in [0.5, 0.6) is 0 Å². The standard InChI is InChI=1S/C28H34Cl2N4O2/c29-25-9-3-23(4-10-25)7-13-27(35)31-15-1-17-33-19-21-34(22-20-33)18-2-16-32-28(36)14-8-24-5-11-26(30)12-6-24/h3-14H,1-2,15-22H2,(H,31,35)(H,32,36)/b13-7+,14-8+. The van der Waals surface area contributed by atoms with Gasteiger partial charge in [-0.3, -0.25) is 9.59 Å². The third-order valence-corrected chi connectivity index (χ3v) is 6.46. The number of halogens is 2. The molecule has 0 aromatic heterocycles. The third kappa shape index (κ3) is 11.0. The molecule has 0 unspecified atom stereocenters. The second-order valence-corrected chi connectivity index (χ2v) is 9.62. The summed E-state index contributed by atoms with van der Waals surface area (Å²) in [7, 11) is 0. The summed E-state index contributed by atoms with van der Waals surface area (Å²) in [6.45, 7) is 7.39. The molecule has 0 spiro atoms. The number of nitrogens with one attached hydrogen (secondary N) is 2. The Hall–Kier alpha value is -2.64. The predicted molar refractivity (Wildman–Crippen MR) is 149 cm³/mol. The van der Waals surface area contributed by atoms with Crippen molar-refractivity contribution in [2.75, 3.05) is 52.4 Å². The van der Waals surface area contributed by atoms with Gasteiger partial charge in [-0.05, 0) is 73.5 Å². The summed E-state index contributed by atoms with van der Waals surface area (Å²) in [6, 6.07) is 14.7. The lowest BCUT2D eigenvalue weighted by molar-refractivity contribution is -0.117. The Morgan fingerprint density at radius 3 is 1.39 bits per heavy atom. The third-order valence-electron chi connectivity index (χ3n) is 5.96. The van der Waals surface area contributed by atoms with Crippen molar-refractivity contribution in [1.29, 1.82) is 0 Å². The van der Waals surface area contributed by atoms with Gasteiger partial charge in [0.1, 0.15) is 0 Å². The van der Waals surface area contributed by atoms with Gasteiger partial charge in [0, 0.05) is 61.5 Å². The van der Waals surface area contributed by atoms with Crippen LogP contribution in [0.4, 0.5) is 0 Å². The highest BCUT2D eigenvalue weighted by Crippen LogP contribution is 2.11. The van der Waals surface area contributed by atoms with Gasteiger partial charge in [0.05, 0.1) is 0 Å². The Morgan fingerprint density at radius 1 is 0.667 bits per heavy atom. The Bertz CT molecular complexity index is 931. The second-order valence-electron chi connectivity index (χ2n) is 8.74. The van der Waals surface area contributed by atoms with Crippen LogP contribution < -0.4 is 10.6 Å². The van der Waals surface area contributed by atoms with Crippen LogP contribution in [0.1, 0.15) is 24.0 Å². The Kier molecular flexibility index (Phi) is 12.0. The van der Waals surface area contributed by atoms with Crippen LogP contribution in [0.3, 0.4) is 0 Å². The summed E-state index contributed by atoms with van der Waals surface area (Å²) in [6.07, 6.45) is 8.54. The molecule has 1 aliphatic heterocycles. The fourth-order valence-corrected chi connectivity index (χ4v) is 4.13. The molecule has 3 rings (SSSR count). The molecule has 2 amide bonds. The van der Waals surface area contributed by atoms with Gasteiger partial charge < -0.3 is 20.4 Å². The molecular weight excluding hydrogens is 495 g/mol. The number of nitrogens with zero attached hydrogens (tertiary/aromatic N) is 2. The van der Waals surface area contributed by atoms with Gasteiger partial charge in [-0.1, -0.05) is 47.5 Å². The molecule has 2 N–H and O–H groups in total. The van der Waals surface area contributed by atoms with E-state index >= 15 is 0 Å². The topological polar surface area (TPSA) is 64.7 Å². The second kappa shape index (κ2) is 15.5. The monoisotopic (exact) mass is 528 g/mol. The van der Waals surface area contributed by atoms with E-state index in [4.69, 9.17) is 23.2 Å². The molecule has 0 saturated carbocycles. The minimum absolute atomic E-state index is 0.0812. The Labute approximate surface area is 223 Å². The van der Waals surface area contributed by atoms with Crippen molar-refractivity contribution >= 4 is 47.2 Å². The molecule has 0 atom stereocenters. The largest absolute Gasteiger partial charge is 0.353 e.